The van der Waals surface area contributed by atoms with Crippen LogP contribution in [0.3, 0.4) is 0 Å². The molecule has 1 amide bonds. The number of hydrogen-bond donors (Lipinski definition) is 2. The van der Waals surface area contributed by atoms with Gasteiger partial charge in [0.2, 0.25) is 5.91 Å². The van der Waals surface area contributed by atoms with Crippen LogP contribution in [0.2, 0.25) is 0 Å². The van der Waals surface area contributed by atoms with Gasteiger partial charge in [-0.3, -0.25) is 4.79 Å². The minimum Gasteiger partial charge on any atom is -0.356 e. The minimum atomic E-state index is 0.211. The van der Waals surface area contributed by atoms with Gasteiger partial charge in [-0.25, -0.2) is 0 Å². The van der Waals surface area contributed by atoms with Gasteiger partial charge in [-0.05, 0) is 25.8 Å². The van der Waals surface area contributed by atoms with Gasteiger partial charge >= 0.3 is 0 Å². The van der Waals surface area contributed by atoms with E-state index in [-0.39, 0.29) is 11.8 Å². The first-order chi connectivity index (χ1) is 9.34. The van der Waals surface area contributed by atoms with Crippen LogP contribution in [0, 0.1) is 5.92 Å². The summed E-state index contributed by atoms with van der Waals surface area (Å²) < 4.78 is 0. The molecule has 0 aromatic rings. The molecule has 19 heavy (non-hydrogen) atoms. The molecule has 1 atom stereocenters. The van der Waals surface area contributed by atoms with Gasteiger partial charge in [-0.1, -0.05) is 51.9 Å². The molecular weight excluding hydrogens is 236 g/mol. The summed E-state index contributed by atoms with van der Waals surface area (Å²) >= 11 is 0. The van der Waals surface area contributed by atoms with Gasteiger partial charge in [0.25, 0.3) is 0 Å². The zero-order valence-corrected chi connectivity index (χ0v) is 12.7. The molecule has 1 heterocycles. The van der Waals surface area contributed by atoms with Crippen LogP contribution in [0.4, 0.5) is 0 Å². The van der Waals surface area contributed by atoms with Crippen molar-refractivity contribution >= 4 is 5.91 Å². The fourth-order valence-corrected chi connectivity index (χ4v) is 2.69. The SMILES string of the molecule is CCCCCCCCCCNC(=O)C1CCCNC1. The molecule has 3 nitrogen and oxygen atoms in total. The van der Waals surface area contributed by atoms with Crippen molar-refractivity contribution in [2.24, 2.45) is 5.92 Å². The molecule has 0 saturated carbocycles. The zero-order valence-electron chi connectivity index (χ0n) is 12.7. The first kappa shape index (κ1) is 16.5. The average Bonchev–Trinajstić information content (AvgIpc) is 2.46. The third-order valence-electron chi connectivity index (χ3n) is 4.00. The minimum absolute atomic E-state index is 0.211. The maximum Gasteiger partial charge on any atom is 0.224 e. The highest BCUT2D eigenvalue weighted by molar-refractivity contribution is 5.78. The Balaban J connectivity index is 1.86. The Hall–Kier alpha value is -0.570. The Kier molecular flexibility index (Phi) is 9.78. The lowest BCUT2D eigenvalue weighted by molar-refractivity contribution is -0.125. The average molecular weight is 268 g/mol. The summed E-state index contributed by atoms with van der Waals surface area (Å²) in [5, 5.41) is 6.37. The largest absolute Gasteiger partial charge is 0.356 e. The third kappa shape index (κ3) is 8.25. The molecule has 1 unspecified atom stereocenters. The highest BCUT2D eigenvalue weighted by Crippen LogP contribution is 2.10. The number of amides is 1. The van der Waals surface area contributed by atoms with Crippen LogP contribution in [-0.2, 0) is 4.79 Å². The molecule has 0 bridgehead atoms. The van der Waals surface area contributed by atoms with Crippen molar-refractivity contribution in [3.63, 3.8) is 0 Å². The second-order valence-electron chi connectivity index (χ2n) is 5.81. The molecule has 1 rings (SSSR count). The van der Waals surface area contributed by atoms with Crippen molar-refractivity contribution in [1.29, 1.82) is 0 Å². The molecule has 1 fully saturated rings. The molecule has 1 aliphatic rings. The number of nitrogens with one attached hydrogen (secondary N) is 2. The van der Waals surface area contributed by atoms with Crippen LogP contribution in [0.5, 0.6) is 0 Å². The molecule has 112 valence electrons. The Bertz CT molecular complexity index is 225. The summed E-state index contributed by atoms with van der Waals surface area (Å²) in [5.41, 5.74) is 0. The number of carbonyl (C=O) groups is 1. The Morgan fingerprint density at radius 3 is 2.42 bits per heavy atom. The fraction of sp³-hybridized carbons (Fsp3) is 0.938. The van der Waals surface area contributed by atoms with Gasteiger partial charge in [0, 0.05) is 13.1 Å². The first-order valence-electron chi connectivity index (χ1n) is 8.33. The number of carbonyl (C=O) groups excluding carboxylic acids is 1. The van der Waals surface area contributed by atoms with Gasteiger partial charge in [-0.2, -0.15) is 0 Å². The predicted molar refractivity (Wildman–Crippen MR) is 81.2 cm³/mol. The molecular formula is C16H32N2O. The normalized spacial score (nSPS) is 19.3. The van der Waals surface area contributed by atoms with E-state index in [1.54, 1.807) is 0 Å². The Labute approximate surface area is 118 Å². The number of piperidine rings is 1. The van der Waals surface area contributed by atoms with Crippen LogP contribution in [0.15, 0.2) is 0 Å². The molecule has 3 heteroatoms. The summed E-state index contributed by atoms with van der Waals surface area (Å²) in [6, 6.07) is 0. The van der Waals surface area contributed by atoms with Crippen molar-refractivity contribution in [2.45, 2.75) is 71.1 Å². The van der Waals surface area contributed by atoms with Gasteiger partial charge in [0.15, 0.2) is 0 Å². The summed E-state index contributed by atoms with van der Waals surface area (Å²) in [5.74, 6) is 0.470. The smallest absolute Gasteiger partial charge is 0.224 e. The summed E-state index contributed by atoms with van der Waals surface area (Å²) in [6.07, 6.45) is 12.7. The van der Waals surface area contributed by atoms with Crippen molar-refractivity contribution in [2.75, 3.05) is 19.6 Å². The van der Waals surface area contributed by atoms with E-state index >= 15 is 0 Å². The van der Waals surface area contributed by atoms with Crippen molar-refractivity contribution in [3.8, 4) is 0 Å². The number of rotatable bonds is 10. The maximum absolute atomic E-state index is 11.9. The van der Waals surface area contributed by atoms with Crippen LogP contribution < -0.4 is 10.6 Å². The zero-order chi connectivity index (χ0) is 13.8. The van der Waals surface area contributed by atoms with E-state index in [4.69, 9.17) is 0 Å². The molecule has 0 aromatic heterocycles. The molecule has 0 aromatic carbocycles. The molecule has 1 saturated heterocycles. The topological polar surface area (TPSA) is 41.1 Å². The Morgan fingerprint density at radius 2 is 1.79 bits per heavy atom. The summed E-state index contributed by atoms with van der Waals surface area (Å²) in [7, 11) is 0. The second kappa shape index (κ2) is 11.3. The van der Waals surface area contributed by atoms with E-state index in [2.05, 4.69) is 17.6 Å². The number of unbranched alkanes of at least 4 members (excludes halogenated alkanes) is 7. The fourth-order valence-electron chi connectivity index (χ4n) is 2.69. The van der Waals surface area contributed by atoms with Crippen molar-refractivity contribution in [1.82, 2.24) is 10.6 Å². The lowest BCUT2D eigenvalue weighted by atomic mass is 9.99. The second-order valence-corrected chi connectivity index (χ2v) is 5.81. The summed E-state index contributed by atoms with van der Waals surface area (Å²) in [4.78, 5) is 11.9. The monoisotopic (exact) mass is 268 g/mol. The highest BCUT2D eigenvalue weighted by Gasteiger charge is 2.19. The van der Waals surface area contributed by atoms with E-state index in [0.29, 0.717) is 0 Å². The van der Waals surface area contributed by atoms with Crippen molar-refractivity contribution < 1.29 is 4.79 Å². The van der Waals surface area contributed by atoms with E-state index in [1.165, 1.54) is 44.9 Å². The molecule has 0 spiro atoms. The van der Waals surface area contributed by atoms with Gasteiger partial charge in [0.05, 0.1) is 5.92 Å². The Morgan fingerprint density at radius 1 is 1.11 bits per heavy atom. The maximum atomic E-state index is 11.9. The lowest BCUT2D eigenvalue weighted by Gasteiger charge is -2.21. The lowest BCUT2D eigenvalue weighted by Crippen LogP contribution is -2.40. The molecule has 0 aliphatic carbocycles. The molecule has 1 aliphatic heterocycles. The highest BCUT2D eigenvalue weighted by atomic mass is 16.1. The van der Waals surface area contributed by atoms with Crippen LogP contribution in [0.25, 0.3) is 0 Å². The predicted octanol–water partition coefficient (Wildman–Crippen LogP) is 3.24. The van der Waals surface area contributed by atoms with E-state index in [1.807, 2.05) is 0 Å². The van der Waals surface area contributed by atoms with E-state index in [0.717, 1.165) is 38.9 Å². The van der Waals surface area contributed by atoms with Crippen LogP contribution >= 0.6 is 0 Å². The first-order valence-corrected chi connectivity index (χ1v) is 8.33. The molecule has 0 radical (unpaired) electrons. The third-order valence-corrected chi connectivity index (χ3v) is 4.00. The molecule has 2 N–H and O–H groups in total. The van der Waals surface area contributed by atoms with Crippen LogP contribution in [0.1, 0.15) is 71.1 Å². The van der Waals surface area contributed by atoms with Gasteiger partial charge in [-0.15, -0.1) is 0 Å². The number of hydrogen-bond acceptors (Lipinski definition) is 2. The summed E-state index contributed by atoms with van der Waals surface area (Å²) in [6.45, 7) is 5.06. The van der Waals surface area contributed by atoms with Gasteiger partial charge < -0.3 is 10.6 Å². The van der Waals surface area contributed by atoms with Crippen molar-refractivity contribution in [3.05, 3.63) is 0 Å². The van der Waals surface area contributed by atoms with Crippen LogP contribution in [-0.4, -0.2) is 25.5 Å². The van der Waals surface area contributed by atoms with E-state index < -0.39 is 0 Å². The van der Waals surface area contributed by atoms with Gasteiger partial charge in [0.1, 0.15) is 0 Å². The quantitative estimate of drug-likeness (QED) is 0.597. The van der Waals surface area contributed by atoms with E-state index in [9.17, 15) is 4.79 Å². The standard InChI is InChI=1S/C16H32N2O/c1-2-3-4-5-6-7-8-9-13-18-16(19)15-11-10-12-17-14-15/h15,17H,2-14H2,1H3,(H,18,19).